The third-order valence-corrected chi connectivity index (χ3v) is 6.51. The zero-order valence-electron chi connectivity index (χ0n) is 19.9. The first kappa shape index (κ1) is 21.4. The van der Waals surface area contributed by atoms with Crippen LogP contribution in [0.3, 0.4) is 0 Å². The number of nitrogens with zero attached hydrogens (tertiary/aromatic N) is 7. The van der Waals surface area contributed by atoms with Crippen LogP contribution in [0.1, 0.15) is 26.3 Å². The molecule has 0 atom stereocenters. The lowest BCUT2D eigenvalue weighted by molar-refractivity contribution is 0.128. The van der Waals surface area contributed by atoms with E-state index in [1.54, 1.807) is 0 Å². The topological polar surface area (TPSA) is 54.5 Å². The summed E-state index contributed by atoms with van der Waals surface area (Å²) in [5, 5.41) is 8.90. The molecule has 5 heterocycles. The summed E-state index contributed by atoms with van der Waals surface area (Å²) in [6.07, 6.45) is 11.6. The number of anilines is 1. The summed E-state index contributed by atoms with van der Waals surface area (Å²) in [5.41, 5.74) is 6.51. The fourth-order valence-corrected chi connectivity index (χ4v) is 4.58. The normalized spacial score (nSPS) is 15.3. The van der Waals surface area contributed by atoms with Crippen molar-refractivity contribution in [2.45, 2.75) is 26.3 Å². The largest absolute Gasteiger partial charge is 0.354 e. The summed E-state index contributed by atoms with van der Waals surface area (Å²) >= 11 is 0. The smallest absolute Gasteiger partial charge is 0.128 e. The summed E-state index contributed by atoms with van der Waals surface area (Å²) in [4.78, 5) is 9.77. The zero-order valence-corrected chi connectivity index (χ0v) is 19.9. The van der Waals surface area contributed by atoms with Gasteiger partial charge >= 0.3 is 0 Å². The number of hydrogen-bond acceptors (Lipinski definition) is 5. The predicted molar refractivity (Wildman–Crippen MR) is 134 cm³/mol. The molecule has 0 amide bonds. The van der Waals surface area contributed by atoms with E-state index in [9.17, 15) is 0 Å². The van der Waals surface area contributed by atoms with Crippen molar-refractivity contribution in [1.82, 2.24) is 29.3 Å². The number of aromatic nitrogens is 5. The maximum Gasteiger partial charge on any atom is 0.128 e. The maximum atomic E-state index is 4.85. The van der Waals surface area contributed by atoms with Crippen molar-refractivity contribution < 1.29 is 0 Å². The van der Waals surface area contributed by atoms with Gasteiger partial charge in [0.2, 0.25) is 0 Å². The van der Waals surface area contributed by atoms with Gasteiger partial charge in [-0.2, -0.15) is 10.2 Å². The summed E-state index contributed by atoms with van der Waals surface area (Å²) < 4.78 is 3.74. The van der Waals surface area contributed by atoms with Crippen molar-refractivity contribution in [3.8, 4) is 22.3 Å². The Kier molecular flexibility index (Phi) is 5.29. The Labute approximate surface area is 195 Å². The summed E-state index contributed by atoms with van der Waals surface area (Å²) in [6, 6.07) is 6.50. The molecule has 0 aromatic carbocycles. The average Bonchev–Trinajstić information content (AvgIpc) is 3.44. The Morgan fingerprint density at radius 1 is 0.909 bits per heavy atom. The molecule has 0 aliphatic carbocycles. The molecule has 170 valence electrons. The van der Waals surface area contributed by atoms with Gasteiger partial charge in [0.15, 0.2) is 0 Å². The van der Waals surface area contributed by atoms with Gasteiger partial charge in [-0.1, -0.05) is 12.7 Å². The Hall–Kier alpha value is -3.45. The van der Waals surface area contributed by atoms with E-state index in [2.05, 4.69) is 65.5 Å². The van der Waals surface area contributed by atoms with Crippen LogP contribution in [0, 0.1) is 0 Å². The number of piperazine rings is 1. The molecule has 33 heavy (non-hydrogen) atoms. The molecule has 1 aliphatic heterocycles. The Morgan fingerprint density at radius 2 is 1.70 bits per heavy atom. The second-order valence-electron chi connectivity index (χ2n) is 9.69. The first-order valence-corrected chi connectivity index (χ1v) is 11.4. The molecule has 1 fully saturated rings. The Bertz CT molecular complexity index is 1280. The number of pyridine rings is 2. The van der Waals surface area contributed by atoms with E-state index in [4.69, 9.17) is 4.98 Å². The molecule has 5 rings (SSSR count). The van der Waals surface area contributed by atoms with Crippen LogP contribution in [-0.2, 0) is 7.05 Å². The van der Waals surface area contributed by atoms with Gasteiger partial charge < -0.3 is 4.90 Å². The van der Waals surface area contributed by atoms with Gasteiger partial charge in [-0.3, -0.25) is 9.58 Å². The third-order valence-electron chi connectivity index (χ3n) is 6.51. The maximum absolute atomic E-state index is 4.85. The molecule has 7 nitrogen and oxygen atoms in total. The number of rotatable bonds is 4. The highest BCUT2D eigenvalue weighted by Gasteiger charge is 2.26. The molecule has 0 bridgehead atoms. The molecule has 0 unspecified atom stereocenters. The van der Waals surface area contributed by atoms with Crippen LogP contribution >= 0.6 is 0 Å². The van der Waals surface area contributed by atoms with Gasteiger partial charge in [0.05, 0.1) is 17.9 Å². The van der Waals surface area contributed by atoms with Gasteiger partial charge in [-0.25, -0.2) is 9.50 Å². The molecule has 1 aliphatic rings. The first-order valence-electron chi connectivity index (χ1n) is 11.4. The molecule has 4 aromatic heterocycles. The van der Waals surface area contributed by atoms with E-state index < -0.39 is 0 Å². The van der Waals surface area contributed by atoms with Gasteiger partial charge in [-0.05, 0) is 39.0 Å². The summed E-state index contributed by atoms with van der Waals surface area (Å²) in [6.45, 7) is 14.9. The number of fused-ring (bicyclic) bond motifs is 1. The van der Waals surface area contributed by atoms with Crippen molar-refractivity contribution >= 4 is 17.4 Å². The van der Waals surface area contributed by atoms with Gasteiger partial charge in [0.25, 0.3) is 0 Å². The highest BCUT2D eigenvalue weighted by Crippen LogP contribution is 2.33. The molecule has 0 radical (unpaired) electrons. The monoisotopic (exact) mass is 441 g/mol. The van der Waals surface area contributed by atoms with E-state index >= 15 is 0 Å². The van der Waals surface area contributed by atoms with Crippen LogP contribution < -0.4 is 4.90 Å². The lowest BCUT2D eigenvalue weighted by atomic mass is 10.0. The average molecular weight is 442 g/mol. The van der Waals surface area contributed by atoms with E-state index in [-0.39, 0.29) is 5.54 Å². The van der Waals surface area contributed by atoms with Gasteiger partial charge in [0, 0.05) is 85.2 Å². The zero-order chi connectivity index (χ0) is 23.2. The van der Waals surface area contributed by atoms with Gasteiger partial charge in [0.1, 0.15) is 5.82 Å². The fraction of sp³-hybridized carbons (Fsp3) is 0.346. The standard InChI is InChI=1S/C26H31N7/c1-6-19-15-29-33-18-21(22-16-28-30(5)17-22)13-23(25(19)33)20-7-8-24(27-14-20)31-9-11-32(12-10-31)26(2,3)4/h6-8,13-18H,1,9-12H2,2-5H3. The van der Waals surface area contributed by atoms with Crippen LogP contribution in [0.15, 0.2) is 55.8 Å². The summed E-state index contributed by atoms with van der Waals surface area (Å²) in [7, 11) is 1.93. The highest BCUT2D eigenvalue weighted by atomic mass is 15.3. The van der Waals surface area contributed by atoms with Crippen molar-refractivity contribution in [2.24, 2.45) is 7.05 Å². The van der Waals surface area contributed by atoms with E-state index in [0.29, 0.717) is 0 Å². The molecule has 1 saturated heterocycles. The molecule has 4 aromatic rings. The lowest BCUT2D eigenvalue weighted by Crippen LogP contribution is -2.53. The van der Waals surface area contributed by atoms with Crippen molar-refractivity contribution in [1.29, 1.82) is 0 Å². The third kappa shape index (κ3) is 4.04. The fourth-order valence-electron chi connectivity index (χ4n) is 4.58. The van der Waals surface area contributed by atoms with Crippen molar-refractivity contribution in [3.63, 3.8) is 0 Å². The minimum Gasteiger partial charge on any atom is -0.354 e. The SMILES string of the molecule is C=Cc1cnn2cc(-c3cnn(C)c3)cc(-c3ccc(N4CCN(C(C)(C)C)CC4)nc3)c12. The minimum absolute atomic E-state index is 0.210. The van der Waals surface area contributed by atoms with Crippen LogP contribution in [0.2, 0.25) is 0 Å². The molecular weight excluding hydrogens is 410 g/mol. The second kappa shape index (κ2) is 8.15. The van der Waals surface area contributed by atoms with E-state index in [1.165, 1.54) is 0 Å². The first-order chi connectivity index (χ1) is 15.8. The lowest BCUT2D eigenvalue weighted by Gasteiger charge is -2.42. The van der Waals surface area contributed by atoms with Crippen LogP contribution in [0.4, 0.5) is 5.82 Å². The predicted octanol–water partition coefficient (Wildman–Crippen LogP) is 4.36. The quantitative estimate of drug-likeness (QED) is 0.471. The van der Waals surface area contributed by atoms with Crippen LogP contribution in [0.5, 0.6) is 0 Å². The Balaban J connectivity index is 1.49. The van der Waals surface area contributed by atoms with Crippen LogP contribution in [-0.4, -0.2) is 61.0 Å². The van der Waals surface area contributed by atoms with Crippen LogP contribution in [0.25, 0.3) is 33.8 Å². The second-order valence-corrected chi connectivity index (χ2v) is 9.69. The molecule has 0 spiro atoms. The number of aryl methyl sites for hydroxylation is 1. The highest BCUT2D eigenvalue weighted by molar-refractivity contribution is 5.89. The van der Waals surface area contributed by atoms with Crippen molar-refractivity contribution in [3.05, 3.63) is 61.3 Å². The van der Waals surface area contributed by atoms with E-state index in [0.717, 1.165) is 65.3 Å². The molecule has 7 heteroatoms. The molecular formula is C26H31N7. The van der Waals surface area contributed by atoms with Gasteiger partial charge in [-0.15, -0.1) is 0 Å². The molecule has 0 saturated carbocycles. The van der Waals surface area contributed by atoms with Crippen molar-refractivity contribution in [2.75, 3.05) is 31.1 Å². The molecule has 0 N–H and O–H groups in total. The summed E-state index contributed by atoms with van der Waals surface area (Å²) in [5.74, 6) is 1.03. The number of hydrogen-bond donors (Lipinski definition) is 0. The van der Waals surface area contributed by atoms with E-state index in [1.807, 2.05) is 53.3 Å². The Morgan fingerprint density at radius 3 is 2.30 bits per heavy atom. The minimum atomic E-state index is 0.210.